The lowest BCUT2D eigenvalue weighted by molar-refractivity contribution is 0.100. The van der Waals surface area contributed by atoms with Crippen LogP contribution < -0.4 is 16.4 Å². The molecule has 0 radical (unpaired) electrons. The van der Waals surface area contributed by atoms with Gasteiger partial charge in [-0.15, -0.1) is 11.3 Å². The van der Waals surface area contributed by atoms with Gasteiger partial charge in [-0.1, -0.05) is 12.1 Å². The molecule has 2 aliphatic heterocycles. The Balaban J connectivity index is 1.74. The van der Waals surface area contributed by atoms with Crippen LogP contribution in [0.4, 0.5) is 11.5 Å². The lowest BCUT2D eigenvalue weighted by Crippen LogP contribution is -2.45. The summed E-state index contributed by atoms with van der Waals surface area (Å²) in [5, 5.41) is 10.5. The first-order chi connectivity index (χ1) is 15.0. The number of hydrogen-bond acceptors (Lipinski definition) is 8. The Hall–Kier alpha value is -3.61. The van der Waals surface area contributed by atoms with Crippen LogP contribution in [0.2, 0.25) is 0 Å². The minimum Gasteiger partial charge on any atom is -0.454 e. The van der Waals surface area contributed by atoms with Crippen LogP contribution in [0.3, 0.4) is 0 Å². The topological polar surface area (TPSA) is 125 Å². The van der Waals surface area contributed by atoms with Gasteiger partial charge in [0.1, 0.15) is 27.4 Å². The fraction of sp³-hybridized carbons (Fsp3) is 0.227. The summed E-state index contributed by atoms with van der Waals surface area (Å²) in [5.41, 5.74) is 14.2. The summed E-state index contributed by atoms with van der Waals surface area (Å²) in [6.07, 6.45) is 0. The molecule has 0 unspecified atom stereocenters. The van der Waals surface area contributed by atoms with E-state index in [0.29, 0.717) is 49.2 Å². The van der Waals surface area contributed by atoms with Crippen LogP contribution in [0.15, 0.2) is 34.7 Å². The maximum absolute atomic E-state index is 12.3. The maximum atomic E-state index is 12.3. The minimum atomic E-state index is -0.588. The number of piperazine rings is 1. The molecule has 5 rings (SSSR count). The molecular weight excluding hydrogens is 412 g/mol. The second kappa shape index (κ2) is 7.27. The molecule has 0 bridgehead atoms. The standard InChI is InChI=1S/C22H20N6O2S/c1-27-5-7-28(8-6-27)21-13(11-23)9-14-17(19(20(25)29)31-22(14)26-21)18-15(24)10-12-3-2-4-16(12)30-18/h2-4,9-10H,5-8,24H2,1H3,(H2,25,29). The molecule has 0 spiro atoms. The monoisotopic (exact) mass is 432 g/mol. The number of hydrogen-bond donors (Lipinski definition) is 2. The third kappa shape index (κ3) is 3.17. The molecule has 3 aliphatic rings. The summed E-state index contributed by atoms with van der Waals surface area (Å²) in [7, 11) is 2.07. The summed E-state index contributed by atoms with van der Waals surface area (Å²) < 4.78 is 6.06. The third-order valence-corrected chi connectivity index (χ3v) is 6.74. The Morgan fingerprint density at radius 3 is 2.74 bits per heavy atom. The van der Waals surface area contributed by atoms with Gasteiger partial charge in [0.05, 0.1) is 16.8 Å². The third-order valence-electron chi connectivity index (χ3n) is 5.63. The Bertz CT molecular complexity index is 1330. The highest BCUT2D eigenvalue weighted by Gasteiger charge is 2.27. The van der Waals surface area contributed by atoms with E-state index in [1.807, 2.05) is 18.2 Å². The van der Waals surface area contributed by atoms with Crippen LogP contribution >= 0.6 is 11.3 Å². The number of nitrogen functional groups attached to an aromatic ring is 1. The van der Waals surface area contributed by atoms with Crippen LogP contribution in [0.5, 0.6) is 0 Å². The molecule has 8 nitrogen and oxygen atoms in total. The van der Waals surface area contributed by atoms with Crippen molar-refractivity contribution in [1.29, 1.82) is 5.26 Å². The van der Waals surface area contributed by atoms with Gasteiger partial charge in [-0.05, 0) is 25.2 Å². The lowest BCUT2D eigenvalue weighted by atomic mass is 10.0. The Morgan fingerprint density at radius 2 is 2.03 bits per heavy atom. The molecule has 4 heterocycles. The second-order valence-corrected chi connectivity index (χ2v) is 8.66. The number of rotatable bonds is 3. The van der Waals surface area contributed by atoms with E-state index in [0.717, 1.165) is 31.7 Å². The van der Waals surface area contributed by atoms with Gasteiger partial charge in [-0.3, -0.25) is 4.79 Å². The van der Waals surface area contributed by atoms with Crippen molar-refractivity contribution < 1.29 is 9.21 Å². The smallest absolute Gasteiger partial charge is 0.259 e. The molecule has 4 N–H and O–H groups in total. The van der Waals surface area contributed by atoms with Crippen molar-refractivity contribution in [3.63, 3.8) is 0 Å². The van der Waals surface area contributed by atoms with Crippen LogP contribution in [-0.4, -0.2) is 49.0 Å². The van der Waals surface area contributed by atoms with E-state index in [2.05, 4.69) is 22.9 Å². The van der Waals surface area contributed by atoms with Gasteiger partial charge < -0.3 is 25.7 Å². The summed E-state index contributed by atoms with van der Waals surface area (Å²) >= 11 is 1.19. The molecule has 9 heteroatoms. The molecule has 2 aromatic heterocycles. The quantitative estimate of drug-likeness (QED) is 0.510. The SMILES string of the molecule is CN1CCN(c2nc3sc(C(N)=O)c(-c4oc5cccc-5cc4N)c3cc2C#N)CC1. The lowest BCUT2D eigenvalue weighted by Gasteiger charge is -2.33. The molecule has 0 atom stereocenters. The molecule has 0 aromatic carbocycles. The number of amides is 1. The Labute approximate surface area is 182 Å². The number of nitriles is 1. The van der Waals surface area contributed by atoms with Gasteiger partial charge in [0, 0.05) is 37.1 Å². The minimum absolute atomic E-state index is 0.309. The van der Waals surface area contributed by atoms with E-state index in [1.54, 1.807) is 12.1 Å². The summed E-state index contributed by atoms with van der Waals surface area (Å²) in [6.45, 7) is 3.34. The number of carbonyl (C=O) groups is 1. The maximum Gasteiger partial charge on any atom is 0.259 e. The van der Waals surface area contributed by atoms with Crippen LogP contribution in [0.25, 0.3) is 32.9 Å². The van der Waals surface area contributed by atoms with Gasteiger partial charge in [0.25, 0.3) is 5.91 Å². The molecule has 0 saturated carbocycles. The number of primary amides is 1. The van der Waals surface area contributed by atoms with E-state index >= 15 is 0 Å². The summed E-state index contributed by atoms with van der Waals surface area (Å²) in [4.78, 5) is 22.4. The number of likely N-dealkylation sites (N-methyl/N-ethyl adjacent to an activating group) is 1. The van der Waals surface area contributed by atoms with Crippen molar-refractivity contribution in [2.24, 2.45) is 5.73 Å². The summed E-state index contributed by atoms with van der Waals surface area (Å²) in [5.74, 6) is 1.05. The Kier molecular flexibility index (Phi) is 4.54. The van der Waals surface area contributed by atoms with Crippen LogP contribution in [-0.2, 0) is 0 Å². The number of pyridine rings is 1. The van der Waals surface area contributed by atoms with E-state index < -0.39 is 5.91 Å². The van der Waals surface area contributed by atoms with Crippen molar-refractivity contribution >= 4 is 39.0 Å². The highest BCUT2D eigenvalue weighted by Crippen LogP contribution is 2.44. The van der Waals surface area contributed by atoms with Crippen LogP contribution in [0, 0.1) is 11.3 Å². The second-order valence-electron chi connectivity index (χ2n) is 7.66. The molecule has 2 aromatic rings. The Morgan fingerprint density at radius 1 is 1.26 bits per heavy atom. The number of anilines is 2. The average molecular weight is 433 g/mol. The van der Waals surface area contributed by atoms with Crippen molar-refractivity contribution in [3.05, 3.63) is 40.8 Å². The molecular formula is C22H20N6O2S. The van der Waals surface area contributed by atoms with E-state index in [-0.39, 0.29) is 0 Å². The molecule has 1 amide bonds. The fourth-order valence-corrected chi connectivity index (χ4v) is 4.98. The van der Waals surface area contributed by atoms with E-state index in [9.17, 15) is 10.1 Å². The van der Waals surface area contributed by atoms with Crippen molar-refractivity contribution in [2.45, 2.75) is 0 Å². The zero-order valence-corrected chi connectivity index (χ0v) is 17.7. The number of aromatic nitrogens is 1. The van der Waals surface area contributed by atoms with E-state index in [1.165, 1.54) is 11.3 Å². The van der Waals surface area contributed by atoms with Gasteiger partial charge in [0.15, 0.2) is 5.76 Å². The first-order valence-electron chi connectivity index (χ1n) is 9.85. The highest BCUT2D eigenvalue weighted by molar-refractivity contribution is 7.21. The van der Waals surface area contributed by atoms with Crippen LogP contribution in [0.1, 0.15) is 15.2 Å². The number of carbonyl (C=O) groups excluding carboxylic acids is 1. The molecule has 1 fully saturated rings. The fourth-order valence-electron chi connectivity index (χ4n) is 3.98. The van der Waals surface area contributed by atoms with Gasteiger partial charge in [-0.25, -0.2) is 4.98 Å². The largest absolute Gasteiger partial charge is 0.454 e. The predicted molar refractivity (Wildman–Crippen MR) is 121 cm³/mol. The van der Waals surface area contributed by atoms with Gasteiger partial charge >= 0.3 is 0 Å². The predicted octanol–water partition coefficient (Wildman–Crippen LogP) is 2.97. The number of thiophene rings is 1. The van der Waals surface area contributed by atoms with Crippen molar-refractivity contribution in [1.82, 2.24) is 9.88 Å². The normalized spacial score (nSPS) is 14.9. The zero-order valence-electron chi connectivity index (χ0n) is 16.9. The zero-order chi connectivity index (χ0) is 21.7. The number of nitrogens with zero attached hydrogens (tertiary/aromatic N) is 4. The number of nitrogens with two attached hydrogens (primary N) is 2. The molecule has 1 saturated heterocycles. The van der Waals surface area contributed by atoms with Crippen molar-refractivity contribution in [3.8, 4) is 28.7 Å². The van der Waals surface area contributed by atoms with Gasteiger partial charge in [0.2, 0.25) is 0 Å². The summed E-state index contributed by atoms with van der Waals surface area (Å²) in [6, 6.07) is 11.4. The molecule has 156 valence electrons. The first kappa shape index (κ1) is 19.4. The molecule has 31 heavy (non-hydrogen) atoms. The van der Waals surface area contributed by atoms with Gasteiger partial charge in [-0.2, -0.15) is 5.26 Å². The first-order valence-corrected chi connectivity index (χ1v) is 10.7. The molecule has 1 aliphatic carbocycles. The van der Waals surface area contributed by atoms with E-state index in [4.69, 9.17) is 20.9 Å². The number of fused-ring (bicyclic) bond motifs is 2. The highest BCUT2D eigenvalue weighted by atomic mass is 32.1. The van der Waals surface area contributed by atoms with Crippen molar-refractivity contribution in [2.75, 3.05) is 43.9 Å². The average Bonchev–Trinajstić information content (AvgIpc) is 3.36.